The van der Waals surface area contributed by atoms with Gasteiger partial charge in [0.25, 0.3) is 0 Å². The van der Waals surface area contributed by atoms with Crippen LogP contribution in [-0.2, 0) is 10.0 Å². The Morgan fingerprint density at radius 2 is 2.19 bits per heavy atom. The van der Waals surface area contributed by atoms with Crippen LogP contribution in [0.3, 0.4) is 0 Å². The van der Waals surface area contributed by atoms with Crippen molar-refractivity contribution >= 4 is 37.7 Å². The third kappa shape index (κ3) is 3.44. The first-order valence-electron chi connectivity index (χ1n) is 4.54. The number of hydrogen-bond donors (Lipinski definition) is 0. The van der Waals surface area contributed by atoms with E-state index in [2.05, 4.69) is 20.9 Å². The van der Waals surface area contributed by atoms with E-state index in [4.69, 9.17) is 0 Å². The van der Waals surface area contributed by atoms with Crippen LogP contribution in [0.2, 0.25) is 0 Å². The number of rotatable bonds is 5. The van der Waals surface area contributed by atoms with Gasteiger partial charge in [-0.1, -0.05) is 0 Å². The van der Waals surface area contributed by atoms with E-state index in [0.29, 0.717) is 11.0 Å². The highest BCUT2D eigenvalue weighted by atomic mass is 79.9. The molecule has 0 aliphatic heterocycles. The fourth-order valence-corrected chi connectivity index (χ4v) is 3.30. The molecule has 0 fully saturated rings. The van der Waals surface area contributed by atoms with Crippen LogP contribution in [0.1, 0.15) is 0 Å². The second-order valence-electron chi connectivity index (χ2n) is 3.16. The highest BCUT2D eigenvalue weighted by molar-refractivity contribution is 9.10. The van der Waals surface area contributed by atoms with E-state index in [9.17, 15) is 8.42 Å². The summed E-state index contributed by atoms with van der Waals surface area (Å²) in [6.45, 7) is 0.496. The van der Waals surface area contributed by atoms with E-state index in [1.165, 1.54) is 10.5 Å². The van der Waals surface area contributed by atoms with Gasteiger partial charge in [-0.15, -0.1) is 0 Å². The second kappa shape index (κ2) is 6.00. The lowest BCUT2D eigenvalue weighted by atomic mass is 10.5. The van der Waals surface area contributed by atoms with Crippen molar-refractivity contribution in [2.45, 2.75) is 4.90 Å². The largest absolute Gasteiger partial charge is 0.262 e. The molecule has 0 amide bonds. The van der Waals surface area contributed by atoms with Crippen molar-refractivity contribution in [3.05, 3.63) is 22.9 Å². The monoisotopic (exact) mass is 324 g/mol. The molecule has 0 aliphatic rings. The van der Waals surface area contributed by atoms with Gasteiger partial charge in [-0.25, -0.2) is 12.7 Å². The first kappa shape index (κ1) is 14.0. The molecule has 90 valence electrons. The maximum absolute atomic E-state index is 12.0. The second-order valence-corrected chi connectivity index (χ2v) is 7.10. The molecule has 1 aromatic rings. The molecule has 16 heavy (non-hydrogen) atoms. The lowest BCUT2D eigenvalue weighted by Gasteiger charge is -2.16. The topological polar surface area (TPSA) is 50.3 Å². The summed E-state index contributed by atoms with van der Waals surface area (Å²) in [6, 6.07) is 1.55. The van der Waals surface area contributed by atoms with Crippen molar-refractivity contribution in [1.29, 1.82) is 0 Å². The molecule has 0 aromatic carbocycles. The van der Waals surface area contributed by atoms with Gasteiger partial charge in [-0.05, 0) is 28.3 Å². The van der Waals surface area contributed by atoms with Crippen LogP contribution in [0.4, 0.5) is 0 Å². The summed E-state index contributed by atoms with van der Waals surface area (Å²) >= 11 is 4.82. The van der Waals surface area contributed by atoms with Gasteiger partial charge in [0.15, 0.2) is 0 Å². The molecule has 7 heteroatoms. The molecule has 0 spiro atoms. The summed E-state index contributed by atoms with van der Waals surface area (Å²) in [6.07, 6.45) is 4.86. The van der Waals surface area contributed by atoms with E-state index >= 15 is 0 Å². The molecule has 0 saturated carbocycles. The average molecular weight is 325 g/mol. The molecule has 1 aromatic heterocycles. The zero-order chi connectivity index (χ0) is 12.2. The molecule has 1 rings (SSSR count). The molecule has 0 saturated heterocycles. The Morgan fingerprint density at radius 1 is 1.50 bits per heavy atom. The van der Waals surface area contributed by atoms with Crippen LogP contribution < -0.4 is 0 Å². The Hall–Kier alpha value is -0.110. The SMILES string of the molecule is CSCCN(C)S(=O)(=O)c1cncc(Br)c1. The fourth-order valence-electron chi connectivity index (χ4n) is 1.05. The smallest absolute Gasteiger partial charge is 0.244 e. The molecule has 4 nitrogen and oxygen atoms in total. The van der Waals surface area contributed by atoms with Crippen LogP contribution in [-0.4, -0.2) is 43.3 Å². The molecular formula is C9H13BrN2O2S2. The van der Waals surface area contributed by atoms with Gasteiger partial charge >= 0.3 is 0 Å². The first-order chi connectivity index (χ1) is 7.48. The predicted molar refractivity (Wildman–Crippen MR) is 70.1 cm³/mol. The molecule has 0 atom stereocenters. The van der Waals surface area contributed by atoms with Gasteiger partial charge in [0.05, 0.1) is 0 Å². The summed E-state index contributed by atoms with van der Waals surface area (Å²) < 4.78 is 26.1. The van der Waals surface area contributed by atoms with Gasteiger partial charge in [0.2, 0.25) is 10.0 Å². The zero-order valence-corrected chi connectivity index (χ0v) is 12.3. The minimum atomic E-state index is -3.41. The van der Waals surface area contributed by atoms with Crippen LogP contribution in [0, 0.1) is 0 Å². The highest BCUT2D eigenvalue weighted by Gasteiger charge is 2.20. The first-order valence-corrected chi connectivity index (χ1v) is 8.17. The molecule has 0 N–H and O–H groups in total. The number of aromatic nitrogens is 1. The summed E-state index contributed by atoms with van der Waals surface area (Å²) in [7, 11) is -1.83. The average Bonchev–Trinajstić information content (AvgIpc) is 2.25. The summed E-state index contributed by atoms with van der Waals surface area (Å²) in [4.78, 5) is 4.07. The Balaban J connectivity index is 2.93. The van der Waals surface area contributed by atoms with Crippen LogP contribution in [0.5, 0.6) is 0 Å². The summed E-state index contributed by atoms with van der Waals surface area (Å²) in [5.41, 5.74) is 0. The molecule has 0 radical (unpaired) electrons. The maximum Gasteiger partial charge on any atom is 0.244 e. The lowest BCUT2D eigenvalue weighted by molar-refractivity contribution is 0.488. The van der Waals surface area contributed by atoms with Crippen molar-refractivity contribution in [1.82, 2.24) is 9.29 Å². The normalized spacial score (nSPS) is 12.0. The zero-order valence-electron chi connectivity index (χ0n) is 9.05. The number of sulfonamides is 1. The van der Waals surface area contributed by atoms with Gasteiger partial charge in [-0.3, -0.25) is 4.98 Å². The van der Waals surface area contributed by atoms with E-state index in [-0.39, 0.29) is 4.90 Å². The van der Waals surface area contributed by atoms with Crippen molar-refractivity contribution in [2.75, 3.05) is 25.6 Å². The third-order valence-corrected chi connectivity index (χ3v) is 4.84. The Bertz CT molecular complexity index is 451. The van der Waals surface area contributed by atoms with E-state index < -0.39 is 10.0 Å². The molecule has 0 unspecified atom stereocenters. The maximum atomic E-state index is 12.0. The van der Waals surface area contributed by atoms with E-state index in [1.54, 1.807) is 31.1 Å². The van der Waals surface area contributed by atoms with Crippen molar-refractivity contribution in [3.63, 3.8) is 0 Å². The lowest BCUT2D eigenvalue weighted by Crippen LogP contribution is -2.29. The Kier molecular flexibility index (Phi) is 5.23. The summed E-state index contributed by atoms with van der Waals surface area (Å²) in [5.74, 6) is 0.775. The molecule has 0 aliphatic carbocycles. The molecular weight excluding hydrogens is 312 g/mol. The van der Waals surface area contributed by atoms with Gasteiger partial charge < -0.3 is 0 Å². The van der Waals surface area contributed by atoms with Crippen LogP contribution >= 0.6 is 27.7 Å². The summed E-state index contributed by atoms with van der Waals surface area (Å²) in [5, 5.41) is 0. The number of nitrogens with zero attached hydrogens (tertiary/aromatic N) is 2. The Morgan fingerprint density at radius 3 is 2.75 bits per heavy atom. The van der Waals surface area contributed by atoms with Gasteiger partial charge in [0, 0.05) is 36.2 Å². The predicted octanol–water partition coefficient (Wildman–Crippen LogP) is 1.83. The molecule has 1 heterocycles. The van der Waals surface area contributed by atoms with E-state index in [1.807, 2.05) is 6.26 Å². The van der Waals surface area contributed by atoms with Gasteiger partial charge in [-0.2, -0.15) is 11.8 Å². The number of hydrogen-bond acceptors (Lipinski definition) is 4. The minimum absolute atomic E-state index is 0.213. The van der Waals surface area contributed by atoms with Gasteiger partial charge in [0.1, 0.15) is 4.90 Å². The number of halogens is 1. The van der Waals surface area contributed by atoms with Crippen LogP contribution in [0.15, 0.2) is 27.8 Å². The number of thioether (sulfide) groups is 1. The van der Waals surface area contributed by atoms with Crippen molar-refractivity contribution < 1.29 is 8.42 Å². The minimum Gasteiger partial charge on any atom is -0.262 e. The van der Waals surface area contributed by atoms with Crippen molar-refractivity contribution in [3.8, 4) is 0 Å². The quantitative estimate of drug-likeness (QED) is 0.829. The molecule has 0 bridgehead atoms. The standard InChI is InChI=1S/C9H13BrN2O2S2/c1-12(3-4-15-2)16(13,14)9-5-8(10)6-11-7-9/h5-7H,3-4H2,1-2H3. The third-order valence-electron chi connectivity index (χ3n) is 2.00. The van der Waals surface area contributed by atoms with E-state index in [0.717, 1.165) is 5.75 Å². The van der Waals surface area contributed by atoms with Crippen molar-refractivity contribution in [2.24, 2.45) is 0 Å². The highest BCUT2D eigenvalue weighted by Crippen LogP contribution is 2.17. The van der Waals surface area contributed by atoms with Crippen LogP contribution in [0.25, 0.3) is 0 Å². The Labute approximate surface area is 109 Å². The number of pyridine rings is 1. The fraction of sp³-hybridized carbons (Fsp3) is 0.444.